The van der Waals surface area contributed by atoms with Crippen LogP contribution in [0.4, 0.5) is 14.6 Å². The van der Waals surface area contributed by atoms with Gasteiger partial charge in [-0.25, -0.2) is 22.5 Å². The highest BCUT2D eigenvalue weighted by Crippen LogP contribution is 2.66. The summed E-state index contributed by atoms with van der Waals surface area (Å²) < 4.78 is 78.3. The van der Waals surface area contributed by atoms with Crippen molar-refractivity contribution in [3.63, 3.8) is 0 Å². The van der Waals surface area contributed by atoms with Crippen LogP contribution in [-0.4, -0.2) is 48.0 Å². The molecule has 2 heterocycles. The number of alkyl halides is 1. The van der Waals surface area contributed by atoms with Gasteiger partial charge in [-0.3, -0.25) is 9.09 Å². The van der Waals surface area contributed by atoms with Gasteiger partial charge >= 0.3 is 23.5 Å². The fraction of sp³-hybridized carbons (Fsp3) is 0.556. The summed E-state index contributed by atoms with van der Waals surface area (Å²) in [5, 5.41) is 0. The molecule has 14 nitrogen and oxygen atoms in total. The van der Waals surface area contributed by atoms with Gasteiger partial charge in [-0.05, 0) is 12.2 Å². The third-order valence-corrected chi connectivity index (χ3v) is 7.28. The molecule has 20 heteroatoms. The minimum Gasteiger partial charge on any atom is -0.381 e. The van der Waals surface area contributed by atoms with Gasteiger partial charge in [0.1, 0.15) is 6.17 Å². The number of hydrogen-bond acceptors (Lipinski definition) is 10. The van der Waals surface area contributed by atoms with Gasteiger partial charge in [0.2, 0.25) is 4.77 Å². The molecule has 1 fully saturated rings. The molecule has 0 radical (unpaired) electrons. The van der Waals surface area contributed by atoms with Crippen molar-refractivity contribution in [3.8, 4) is 0 Å². The van der Waals surface area contributed by atoms with E-state index in [0.717, 1.165) is 10.8 Å². The number of halogens is 2. The van der Waals surface area contributed by atoms with Gasteiger partial charge in [0.25, 0.3) is 0 Å². The lowest BCUT2D eigenvalue weighted by Gasteiger charge is -2.19. The summed E-state index contributed by atoms with van der Waals surface area (Å²) in [6, 6.07) is 0. The van der Waals surface area contributed by atoms with Crippen molar-refractivity contribution < 1.29 is 59.9 Å². The summed E-state index contributed by atoms with van der Waals surface area (Å²) in [5.74, 6) is -1.50. The smallest absolute Gasteiger partial charge is 0.381 e. The maximum absolute atomic E-state index is 14.2. The Morgan fingerprint density at radius 3 is 2.48 bits per heavy atom. The zero-order valence-corrected chi connectivity index (χ0v) is 17.3. The molecule has 1 aliphatic heterocycles. The predicted octanol–water partition coefficient (Wildman–Crippen LogP) is 1.30. The molecular weight excluding hydrogens is 489 g/mol. The lowest BCUT2D eigenvalue weighted by atomic mass is 10.2. The van der Waals surface area contributed by atoms with Crippen LogP contribution in [0.25, 0.3) is 0 Å². The van der Waals surface area contributed by atoms with E-state index >= 15 is 0 Å². The largest absolute Gasteiger partial charge is 0.490 e. The number of aromatic nitrogens is 2. The molecule has 0 bridgehead atoms. The highest BCUT2D eigenvalue weighted by molar-refractivity contribution is 7.71. The van der Waals surface area contributed by atoms with Crippen LogP contribution in [0.3, 0.4) is 0 Å². The summed E-state index contributed by atoms with van der Waals surface area (Å²) in [4.78, 5) is 38.8. The summed E-state index contributed by atoms with van der Waals surface area (Å²) in [7, 11) is -16.6. The Hall–Kier alpha value is -0.670. The van der Waals surface area contributed by atoms with E-state index in [1.807, 2.05) is 0 Å². The number of anilines is 1. The molecule has 6 N–H and O–H groups in total. The number of phosphoric acid groups is 3. The van der Waals surface area contributed by atoms with Gasteiger partial charge in [0, 0.05) is 12.6 Å². The lowest BCUT2D eigenvalue weighted by Crippen LogP contribution is -2.20. The average Bonchev–Trinajstić information content (AvgIpc) is 2.86. The van der Waals surface area contributed by atoms with E-state index in [1.54, 1.807) is 0 Å². The van der Waals surface area contributed by atoms with E-state index < -0.39 is 66.6 Å². The van der Waals surface area contributed by atoms with Crippen molar-refractivity contribution in [1.82, 2.24) is 9.55 Å². The first kappa shape index (κ1) is 24.6. The third kappa shape index (κ3) is 7.21. The minimum atomic E-state index is -5.68. The van der Waals surface area contributed by atoms with E-state index in [-0.39, 0.29) is 4.77 Å². The quantitative estimate of drug-likeness (QED) is 0.250. The average molecular weight is 503 g/mol. The second-order valence-corrected chi connectivity index (χ2v) is 10.2. The van der Waals surface area contributed by atoms with E-state index in [4.69, 9.17) is 37.4 Å². The van der Waals surface area contributed by atoms with Gasteiger partial charge < -0.3 is 30.0 Å². The minimum absolute atomic E-state index is 0.301. The Morgan fingerprint density at radius 1 is 1.28 bits per heavy atom. The van der Waals surface area contributed by atoms with Crippen LogP contribution in [0.1, 0.15) is 12.6 Å². The highest BCUT2D eigenvalue weighted by atomic mass is 32.1. The summed E-state index contributed by atoms with van der Waals surface area (Å²) in [6.45, 7) is -0.862. The maximum atomic E-state index is 14.2. The van der Waals surface area contributed by atoms with Crippen LogP contribution < -0.4 is 5.73 Å². The Morgan fingerprint density at radius 2 is 1.90 bits per heavy atom. The molecule has 2 unspecified atom stereocenters. The molecule has 2 rings (SSSR count). The number of phosphoric ester groups is 1. The molecule has 0 spiro atoms. The second kappa shape index (κ2) is 8.83. The number of nitrogen functional groups attached to an aromatic ring is 1. The number of rotatable bonds is 8. The fourth-order valence-electron chi connectivity index (χ4n) is 2.17. The highest BCUT2D eigenvalue weighted by Gasteiger charge is 2.43. The van der Waals surface area contributed by atoms with Gasteiger partial charge in [0.05, 0.1) is 12.7 Å². The van der Waals surface area contributed by atoms with Gasteiger partial charge in [-0.1, -0.05) is 0 Å². The third-order valence-electron chi connectivity index (χ3n) is 3.18. The number of ether oxygens (including phenoxy) is 1. The molecule has 1 aromatic rings. The number of nitrogens with two attached hydrogens (primary N) is 1. The van der Waals surface area contributed by atoms with Crippen molar-refractivity contribution in [2.45, 2.75) is 24.9 Å². The van der Waals surface area contributed by atoms with E-state index in [0.29, 0.717) is 0 Å². The molecule has 29 heavy (non-hydrogen) atoms. The van der Waals surface area contributed by atoms with Crippen molar-refractivity contribution in [2.24, 2.45) is 0 Å². The first-order valence-electron chi connectivity index (χ1n) is 7.20. The van der Waals surface area contributed by atoms with Crippen molar-refractivity contribution in [2.75, 3.05) is 12.3 Å². The molecule has 1 aromatic heterocycles. The van der Waals surface area contributed by atoms with E-state index in [2.05, 4.69) is 18.1 Å². The number of hydrogen-bond donors (Lipinski definition) is 5. The standard InChI is InChI=1S/C9H14F2N3O11P3S/c10-5-1-4(23-8(5)14-2-6(11)7(12)13-9(14)29)3-22-27(18,19)25-28(20,21)24-26(15,16)17/h2,4-5,8H,1,3H2,(H,18,19)(H,20,21)(H2,12,13,29)(H2,15,16,17)/t4-,5-,8+/m0/s1. The molecule has 0 saturated carbocycles. The Labute approximate surface area is 165 Å². The Bertz CT molecular complexity index is 973. The van der Waals surface area contributed by atoms with Gasteiger partial charge in [-0.2, -0.15) is 13.6 Å². The van der Waals surface area contributed by atoms with Crippen LogP contribution in [0.15, 0.2) is 6.20 Å². The molecule has 0 amide bonds. The zero-order chi connectivity index (χ0) is 22.2. The zero-order valence-electron chi connectivity index (χ0n) is 13.8. The van der Waals surface area contributed by atoms with Crippen LogP contribution in [0.5, 0.6) is 0 Å². The van der Waals surface area contributed by atoms with Crippen molar-refractivity contribution in [3.05, 3.63) is 16.8 Å². The van der Waals surface area contributed by atoms with Crippen molar-refractivity contribution in [1.29, 1.82) is 0 Å². The maximum Gasteiger partial charge on any atom is 0.490 e. The van der Waals surface area contributed by atoms with Gasteiger partial charge in [0.15, 0.2) is 17.9 Å². The topological polar surface area (TPSA) is 213 Å². The molecular formula is C9H14F2N3O11P3S. The molecule has 0 aliphatic carbocycles. The SMILES string of the molecule is Nc1nc(=S)n([C@@H]2O[C@H](COP(=O)(O)OP(=O)(O)OP(=O)(O)O)C[C@@H]2F)cc1F. The van der Waals surface area contributed by atoms with Crippen LogP contribution in [-0.2, 0) is 31.6 Å². The van der Waals surface area contributed by atoms with E-state index in [1.165, 1.54) is 0 Å². The molecule has 1 aliphatic rings. The first-order chi connectivity index (χ1) is 13.1. The molecule has 166 valence electrons. The summed E-state index contributed by atoms with van der Waals surface area (Å²) >= 11 is 4.84. The monoisotopic (exact) mass is 503 g/mol. The number of nitrogens with zero attached hydrogens (tertiary/aromatic N) is 2. The van der Waals surface area contributed by atoms with Crippen LogP contribution >= 0.6 is 35.7 Å². The summed E-state index contributed by atoms with van der Waals surface area (Å²) in [5.41, 5.74) is 5.24. The summed E-state index contributed by atoms with van der Waals surface area (Å²) in [6.07, 6.45) is -4.14. The lowest BCUT2D eigenvalue weighted by molar-refractivity contribution is -0.0382. The predicted molar refractivity (Wildman–Crippen MR) is 90.7 cm³/mol. The fourth-order valence-corrected chi connectivity index (χ4v) is 5.48. The van der Waals surface area contributed by atoms with Crippen LogP contribution in [0.2, 0.25) is 0 Å². The normalized spacial score (nSPS) is 26.8. The van der Waals surface area contributed by atoms with Crippen LogP contribution in [0, 0.1) is 10.6 Å². The van der Waals surface area contributed by atoms with E-state index in [9.17, 15) is 27.4 Å². The second-order valence-electron chi connectivity index (χ2n) is 5.45. The first-order valence-corrected chi connectivity index (χ1v) is 12.1. The van der Waals surface area contributed by atoms with Crippen molar-refractivity contribution >= 4 is 41.5 Å². The Kier molecular flexibility index (Phi) is 7.49. The van der Waals surface area contributed by atoms with Gasteiger partial charge in [-0.15, -0.1) is 0 Å². The Balaban J connectivity index is 2.01. The molecule has 1 saturated heterocycles. The molecule has 0 aromatic carbocycles. The molecule has 5 atom stereocenters.